The van der Waals surface area contributed by atoms with Crippen molar-refractivity contribution in [1.29, 1.82) is 0 Å². The number of hydrogen-bond donors (Lipinski definition) is 1. The second-order valence-electron chi connectivity index (χ2n) is 6.81. The monoisotopic (exact) mass is 397 g/mol. The number of ether oxygens (including phenoxy) is 1. The quantitative estimate of drug-likeness (QED) is 0.692. The highest BCUT2D eigenvalue weighted by Crippen LogP contribution is 2.28. The maximum Gasteiger partial charge on any atom is 0.225 e. The van der Waals surface area contributed by atoms with Gasteiger partial charge in [-0.1, -0.05) is 23.5 Å². The molecule has 8 heteroatoms. The molecule has 3 heterocycles. The molecule has 0 unspecified atom stereocenters. The van der Waals surface area contributed by atoms with Crippen molar-refractivity contribution in [1.82, 2.24) is 20.1 Å². The number of carbonyl (C=O) groups is 1. The van der Waals surface area contributed by atoms with E-state index >= 15 is 0 Å². The molecule has 1 saturated heterocycles. The van der Waals surface area contributed by atoms with Gasteiger partial charge in [-0.15, -0.1) is 10.2 Å². The zero-order chi connectivity index (χ0) is 19.3. The van der Waals surface area contributed by atoms with Gasteiger partial charge in [-0.2, -0.15) is 0 Å². The van der Waals surface area contributed by atoms with Gasteiger partial charge in [0.15, 0.2) is 0 Å². The number of nitrogens with zero attached hydrogens (tertiary/aromatic N) is 4. The molecule has 1 aliphatic heterocycles. The molecule has 2 aromatic heterocycles. The number of hydrogen-bond acceptors (Lipinski definition) is 6. The van der Waals surface area contributed by atoms with E-state index < -0.39 is 0 Å². The zero-order valence-corrected chi connectivity index (χ0v) is 16.6. The van der Waals surface area contributed by atoms with Crippen LogP contribution in [0.4, 0.5) is 5.13 Å². The Hall–Kier alpha value is -2.87. The molecule has 28 heavy (non-hydrogen) atoms. The van der Waals surface area contributed by atoms with Crippen molar-refractivity contribution in [2.75, 3.05) is 25.1 Å². The van der Waals surface area contributed by atoms with E-state index in [1.807, 2.05) is 53.4 Å². The number of carbonyl (C=O) groups excluding carboxylic acids is 1. The fraction of sp³-hybridized carbons (Fsp3) is 0.350. The summed E-state index contributed by atoms with van der Waals surface area (Å²) in [4.78, 5) is 14.9. The van der Waals surface area contributed by atoms with Crippen LogP contribution in [0.2, 0.25) is 0 Å². The van der Waals surface area contributed by atoms with Crippen molar-refractivity contribution in [3.05, 3.63) is 54.4 Å². The van der Waals surface area contributed by atoms with Crippen LogP contribution in [0.5, 0.6) is 5.75 Å². The number of piperidine rings is 1. The van der Waals surface area contributed by atoms with Crippen LogP contribution in [-0.2, 0) is 11.3 Å². The first-order chi connectivity index (χ1) is 13.7. The maximum atomic E-state index is 12.7. The van der Waals surface area contributed by atoms with Crippen LogP contribution >= 0.6 is 11.3 Å². The lowest BCUT2D eigenvalue weighted by atomic mass is 9.97. The summed E-state index contributed by atoms with van der Waals surface area (Å²) in [6.45, 7) is 2.08. The van der Waals surface area contributed by atoms with Crippen LogP contribution < -0.4 is 15.0 Å². The highest BCUT2D eigenvalue weighted by Gasteiger charge is 2.27. The van der Waals surface area contributed by atoms with Gasteiger partial charge in [0.05, 0.1) is 13.0 Å². The van der Waals surface area contributed by atoms with E-state index in [-0.39, 0.29) is 11.8 Å². The Kier molecular flexibility index (Phi) is 5.57. The fourth-order valence-corrected chi connectivity index (χ4v) is 4.23. The van der Waals surface area contributed by atoms with Crippen LogP contribution in [0.3, 0.4) is 0 Å². The predicted octanol–water partition coefficient (Wildman–Crippen LogP) is 2.87. The molecule has 0 aliphatic carbocycles. The fourth-order valence-electron chi connectivity index (χ4n) is 3.38. The first-order valence-corrected chi connectivity index (χ1v) is 10.2. The number of methoxy groups -OCH3 is 1. The van der Waals surface area contributed by atoms with Gasteiger partial charge in [-0.3, -0.25) is 9.36 Å². The normalized spacial score (nSPS) is 16.8. The topological polar surface area (TPSA) is 72.3 Å². The van der Waals surface area contributed by atoms with Crippen molar-refractivity contribution < 1.29 is 9.53 Å². The van der Waals surface area contributed by atoms with Gasteiger partial charge < -0.3 is 15.0 Å². The average Bonchev–Trinajstić information content (AvgIpc) is 3.44. The van der Waals surface area contributed by atoms with E-state index in [4.69, 9.17) is 4.74 Å². The summed E-state index contributed by atoms with van der Waals surface area (Å²) in [6, 6.07) is 11.7. The molecule has 0 radical (unpaired) electrons. The van der Waals surface area contributed by atoms with Gasteiger partial charge in [0.1, 0.15) is 5.75 Å². The van der Waals surface area contributed by atoms with Gasteiger partial charge in [-0.05, 0) is 42.7 Å². The number of anilines is 1. The van der Waals surface area contributed by atoms with Crippen LogP contribution in [0.15, 0.2) is 48.8 Å². The van der Waals surface area contributed by atoms with Crippen molar-refractivity contribution in [3.8, 4) is 10.9 Å². The van der Waals surface area contributed by atoms with E-state index in [1.54, 1.807) is 18.4 Å². The summed E-state index contributed by atoms with van der Waals surface area (Å²) in [6.07, 6.45) is 5.77. The third kappa shape index (κ3) is 4.17. The van der Waals surface area contributed by atoms with Crippen molar-refractivity contribution in [3.63, 3.8) is 0 Å². The number of aromatic nitrogens is 3. The first-order valence-electron chi connectivity index (χ1n) is 9.35. The van der Waals surface area contributed by atoms with Gasteiger partial charge >= 0.3 is 0 Å². The summed E-state index contributed by atoms with van der Waals surface area (Å²) in [7, 11) is 1.64. The Morgan fingerprint density at radius 1 is 1.25 bits per heavy atom. The van der Waals surface area contributed by atoms with E-state index in [0.717, 1.165) is 41.0 Å². The van der Waals surface area contributed by atoms with E-state index in [9.17, 15) is 4.79 Å². The molecule has 0 bridgehead atoms. The Balaban J connectivity index is 1.36. The van der Waals surface area contributed by atoms with E-state index in [2.05, 4.69) is 20.4 Å². The molecule has 1 amide bonds. The molecule has 1 atom stereocenters. The van der Waals surface area contributed by atoms with Crippen LogP contribution in [0.1, 0.15) is 18.4 Å². The van der Waals surface area contributed by atoms with Crippen molar-refractivity contribution in [2.45, 2.75) is 19.4 Å². The molecule has 0 saturated carbocycles. The Morgan fingerprint density at radius 2 is 2.07 bits per heavy atom. The van der Waals surface area contributed by atoms with Crippen LogP contribution in [0, 0.1) is 5.92 Å². The number of rotatable bonds is 6. The molecule has 1 aliphatic rings. The molecule has 1 fully saturated rings. The molecule has 1 N–H and O–H groups in total. The smallest absolute Gasteiger partial charge is 0.225 e. The Bertz CT molecular complexity index is 924. The number of benzene rings is 1. The SMILES string of the molecule is COc1cccc(CNC(=O)[C@@H]2CCCN(c3nnc(-n4cccc4)s3)C2)c1. The second-order valence-corrected chi connectivity index (χ2v) is 7.75. The van der Waals surface area contributed by atoms with Crippen LogP contribution in [-0.4, -0.2) is 40.9 Å². The summed E-state index contributed by atoms with van der Waals surface area (Å²) in [5.41, 5.74) is 1.03. The number of nitrogens with one attached hydrogen (secondary N) is 1. The zero-order valence-electron chi connectivity index (χ0n) is 15.7. The lowest BCUT2D eigenvalue weighted by Crippen LogP contribution is -2.43. The molecule has 7 nitrogen and oxygen atoms in total. The van der Waals surface area contributed by atoms with Crippen molar-refractivity contribution in [2.24, 2.45) is 5.92 Å². The molecule has 0 spiro atoms. The first kappa shape index (κ1) is 18.5. The number of amides is 1. The van der Waals surface area contributed by atoms with E-state index in [1.165, 1.54) is 0 Å². The predicted molar refractivity (Wildman–Crippen MR) is 109 cm³/mol. The summed E-state index contributed by atoms with van der Waals surface area (Å²) in [5, 5.41) is 13.4. The van der Waals surface area contributed by atoms with Gasteiger partial charge in [-0.25, -0.2) is 0 Å². The molecular weight excluding hydrogens is 374 g/mol. The van der Waals surface area contributed by atoms with Gasteiger partial charge in [0.2, 0.25) is 16.2 Å². The highest BCUT2D eigenvalue weighted by atomic mass is 32.1. The van der Waals surface area contributed by atoms with Crippen LogP contribution in [0.25, 0.3) is 5.13 Å². The molecule has 146 valence electrons. The molecular formula is C20H23N5O2S. The minimum absolute atomic E-state index is 0.0433. The second kappa shape index (κ2) is 8.43. The maximum absolute atomic E-state index is 12.7. The Morgan fingerprint density at radius 3 is 2.89 bits per heavy atom. The van der Waals surface area contributed by atoms with E-state index in [0.29, 0.717) is 13.1 Å². The largest absolute Gasteiger partial charge is 0.497 e. The highest BCUT2D eigenvalue weighted by molar-refractivity contribution is 7.17. The minimum atomic E-state index is -0.0433. The lowest BCUT2D eigenvalue weighted by Gasteiger charge is -2.31. The van der Waals surface area contributed by atoms with Crippen molar-refractivity contribution >= 4 is 22.4 Å². The standard InChI is InChI=1S/C20H23N5O2S/c1-27-17-8-4-6-15(12-17)13-21-18(26)16-7-5-11-25(14-16)20-23-22-19(28-20)24-9-2-3-10-24/h2-4,6,8-10,12,16H,5,7,11,13-14H2,1H3,(H,21,26)/t16-/m1/s1. The lowest BCUT2D eigenvalue weighted by molar-refractivity contribution is -0.125. The molecule has 3 aromatic rings. The average molecular weight is 398 g/mol. The Labute approximate surface area is 168 Å². The minimum Gasteiger partial charge on any atom is -0.497 e. The summed E-state index contributed by atoms with van der Waals surface area (Å²) in [5.74, 6) is 0.839. The van der Waals surface area contributed by atoms with Gasteiger partial charge in [0, 0.05) is 32.0 Å². The molecule has 1 aromatic carbocycles. The summed E-state index contributed by atoms with van der Waals surface area (Å²) < 4.78 is 7.18. The summed E-state index contributed by atoms with van der Waals surface area (Å²) >= 11 is 1.55. The molecule has 4 rings (SSSR count). The third-order valence-electron chi connectivity index (χ3n) is 4.89. The van der Waals surface area contributed by atoms with Gasteiger partial charge in [0.25, 0.3) is 0 Å². The third-order valence-corrected chi connectivity index (χ3v) is 5.89.